The summed E-state index contributed by atoms with van der Waals surface area (Å²) >= 11 is 0. The van der Waals surface area contributed by atoms with Gasteiger partial charge < -0.3 is 24.7 Å². The van der Waals surface area contributed by atoms with Crippen molar-refractivity contribution >= 4 is 34.7 Å². The minimum atomic E-state index is -1.42. The lowest BCUT2D eigenvalue weighted by Crippen LogP contribution is -1.99. The third-order valence-corrected chi connectivity index (χ3v) is 5.05. The van der Waals surface area contributed by atoms with Crippen molar-refractivity contribution in [3.05, 3.63) is 82.9 Å². The van der Waals surface area contributed by atoms with E-state index < -0.39 is 35.0 Å². The number of carbonyl (C=O) groups excluding carboxylic acids is 1. The molecule has 32 heavy (non-hydrogen) atoms. The normalized spacial score (nSPS) is 11.6. The van der Waals surface area contributed by atoms with Gasteiger partial charge in [0.1, 0.15) is 0 Å². The number of hydrogen-bond acceptors (Lipinski definition) is 5. The fourth-order valence-corrected chi connectivity index (χ4v) is 3.50. The van der Waals surface area contributed by atoms with Crippen LogP contribution in [0.4, 0.5) is 0 Å². The number of furan rings is 1. The molecule has 0 aliphatic carbocycles. The van der Waals surface area contributed by atoms with Crippen molar-refractivity contribution in [3.8, 4) is 16.9 Å². The van der Waals surface area contributed by atoms with E-state index >= 15 is 0 Å². The molecule has 4 N–H and O–H groups in total. The number of aromatic hydroxyl groups is 1. The molecule has 4 rings (SSSR count). The largest absolute Gasteiger partial charge is 0.504 e. The number of nitrogens with one attached hydrogen (secondary N) is 1. The van der Waals surface area contributed by atoms with Crippen molar-refractivity contribution in [2.24, 2.45) is 0 Å². The molecule has 0 radical (unpaired) electrons. The second-order valence-electron chi connectivity index (χ2n) is 7.09. The predicted molar refractivity (Wildman–Crippen MR) is 116 cm³/mol. The lowest BCUT2D eigenvalue weighted by molar-refractivity contribution is -0.132. The molecule has 2 aromatic carbocycles. The van der Waals surface area contributed by atoms with Crippen LogP contribution in [-0.4, -0.2) is 38.0 Å². The minimum Gasteiger partial charge on any atom is -0.504 e. The number of aliphatic carboxylic acids is 1. The minimum absolute atomic E-state index is 0.0815. The summed E-state index contributed by atoms with van der Waals surface area (Å²) in [4.78, 5) is 39.0. The van der Waals surface area contributed by atoms with E-state index in [-0.39, 0.29) is 16.7 Å². The molecule has 8 nitrogen and oxygen atoms in total. The fraction of sp³-hybridized carbons (Fsp3) is 0.0417. The molecule has 8 heteroatoms. The van der Waals surface area contributed by atoms with E-state index in [2.05, 4.69) is 4.98 Å². The van der Waals surface area contributed by atoms with Gasteiger partial charge in [0.05, 0.1) is 16.6 Å². The number of ketones is 1. The Balaban J connectivity index is 1.85. The Labute approximate surface area is 181 Å². The smallest absolute Gasteiger partial charge is 0.372 e. The van der Waals surface area contributed by atoms with Crippen molar-refractivity contribution in [2.45, 2.75) is 6.92 Å². The maximum Gasteiger partial charge on any atom is 0.372 e. The maximum absolute atomic E-state index is 13.2. The van der Waals surface area contributed by atoms with Gasteiger partial charge in [-0.25, -0.2) is 9.59 Å². The van der Waals surface area contributed by atoms with E-state index in [1.807, 2.05) is 0 Å². The topological polar surface area (TPSA) is 141 Å². The molecule has 0 fully saturated rings. The number of aromatic carboxylic acids is 1. The lowest BCUT2D eigenvalue weighted by atomic mass is 10.0. The first-order chi connectivity index (χ1) is 15.3. The summed E-state index contributed by atoms with van der Waals surface area (Å²) in [7, 11) is 0. The maximum atomic E-state index is 13.2. The Morgan fingerprint density at radius 3 is 2.34 bits per heavy atom. The number of benzene rings is 2. The number of rotatable bonds is 6. The first-order valence-electron chi connectivity index (χ1n) is 9.50. The molecule has 0 bridgehead atoms. The average Bonchev–Trinajstić information content (AvgIpc) is 3.36. The molecule has 2 aromatic heterocycles. The predicted octanol–water partition coefficient (Wildman–Crippen LogP) is 4.55. The standard InChI is InChI=1S/C24H17NO7/c1-12(23(28)29)10-14-8-5-9-15-16(11-25-18(14)15)19(26)22-20(27)17(21(32-22)24(30)31)13-6-3-2-4-7-13/h2-11,25,27H,1H3,(H,28,29)(H,30,31)/b12-10+. The van der Waals surface area contributed by atoms with Crippen molar-refractivity contribution in [2.75, 3.05) is 0 Å². The number of carboxylic acids is 2. The molecule has 0 aliphatic rings. The number of hydrogen-bond donors (Lipinski definition) is 4. The number of carboxylic acid groups (broad SMARTS) is 2. The summed E-state index contributed by atoms with van der Waals surface area (Å²) in [6.45, 7) is 1.45. The number of fused-ring (bicyclic) bond motifs is 1. The van der Waals surface area contributed by atoms with E-state index in [9.17, 15) is 24.6 Å². The molecular weight excluding hydrogens is 414 g/mol. The van der Waals surface area contributed by atoms with Crippen LogP contribution in [-0.2, 0) is 4.79 Å². The Hall–Kier alpha value is -4.59. The summed E-state index contributed by atoms with van der Waals surface area (Å²) in [5, 5.41) is 29.9. The molecule has 0 amide bonds. The van der Waals surface area contributed by atoms with Crippen LogP contribution in [0.25, 0.3) is 28.1 Å². The molecule has 0 spiro atoms. The quantitative estimate of drug-likeness (QED) is 0.259. The Morgan fingerprint density at radius 2 is 1.69 bits per heavy atom. The van der Waals surface area contributed by atoms with Crippen LogP contribution < -0.4 is 0 Å². The zero-order valence-corrected chi connectivity index (χ0v) is 16.7. The fourth-order valence-electron chi connectivity index (χ4n) is 3.50. The third-order valence-electron chi connectivity index (χ3n) is 5.05. The van der Waals surface area contributed by atoms with Gasteiger partial charge in [-0.2, -0.15) is 0 Å². The first kappa shape index (κ1) is 20.7. The number of aromatic nitrogens is 1. The summed E-state index contributed by atoms with van der Waals surface area (Å²) in [6.07, 6.45) is 2.88. The van der Waals surface area contributed by atoms with Gasteiger partial charge in [-0.05, 0) is 24.1 Å². The average molecular weight is 431 g/mol. The molecule has 2 heterocycles. The molecule has 0 saturated carbocycles. The van der Waals surface area contributed by atoms with Crippen LogP contribution in [0.15, 0.2) is 64.7 Å². The SMILES string of the molecule is C/C(=C\c1cccc2c(C(=O)c3oc(C(=O)O)c(-c4ccccc4)c3O)c[nH]c12)C(=O)O. The third kappa shape index (κ3) is 3.43. The highest BCUT2D eigenvalue weighted by molar-refractivity contribution is 6.18. The molecule has 0 unspecified atom stereocenters. The van der Waals surface area contributed by atoms with Gasteiger partial charge in [-0.15, -0.1) is 0 Å². The summed E-state index contributed by atoms with van der Waals surface area (Å²) in [5.74, 6) is -4.81. The highest BCUT2D eigenvalue weighted by atomic mass is 16.4. The Bertz CT molecular complexity index is 1410. The van der Waals surface area contributed by atoms with Gasteiger partial charge >= 0.3 is 11.9 Å². The van der Waals surface area contributed by atoms with E-state index in [1.165, 1.54) is 19.2 Å². The highest BCUT2D eigenvalue weighted by Gasteiger charge is 2.31. The molecule has 0 atom stereocenters. The number of H-pyrrole nitrogens is 1. The van der Waals surface area contributed by atoms with Crippen molar-refractivity contribution in [3.63, 3.8) is 0 Å². The molecule has 4 aromatic rings. The van der Waals surface area contributed by atoms with Crippen LogP contribution >= 0.6 is 0 Å². The van der Waals surface area contributed by atoms with Crippen LogP contribution in [0.5, 0.6) is 5.75 Å². The van der Waals surface area contributed by atoms with E-state index in [4.69, 9.17) is 9.52 Å². The van der Waals surface area contributed by atoms with Crippen LogP contribution in [0.3, 0.4) is 0 Å². The van der Waals surface area contributed by atoms with Crippen LogP contribution in [0.1, 0.15) is 39.2 Å². The molecule has 0 aliphatic heterocycles. The summed E-state index contributed by atoms with van der Waals surface area (Å²) in [5.41, 5.74) is 1.64. The zero-order chi connectivity index (χ0) is 23.0. The van der Waals surface area contributed by atoms with Crippen molar-refractivity contribution < 1.29 is 34.1 Å². The van der Waals surface area contributed by atoms with Crippen molar-refractivity contribution in [1.82, 2.24) is 4.98 Å². The molecular formula is C24H17NO7. The molecule has 0 saturated heterocycles. The van der Waals surface area contributed by atoms with Gasteiger partial charge in [0.25, 0.3) is 0 Å². The number of aromatic amines is 1. The van der Waals surface area contributed by atoms with Gasteiger partial charge in [0, 0.05) is 17.2 Å². The first-order valence-corrected chi connectivity index (χ1v) is 9.50. The summed E-state index contributed by atoms with van der Waals surface area (Å²) in [6, 6.07) is 13.3. The number of carbonyl (C=O) groups is 3. The Morgan fingerprint density at radius 1 is 0.969 bits per heavy atom. The van der Waals surface area contributed by atoms with Gasteiger partial charge in [-0.1, -0.05) is 48.5 Å². The molecule has 160 valence electrons. The van der Waals surface area contributed by atoms with E-state index in [1.54, 1.807) is 48.5 Å². The van der Waals surface area contributed by atoms with Gasteiger partial charge in [0.15, 0.2) is 5.75 Å². The second-order valence-corrected chi connectivity index (χ2v) is 7.09. The zero-order valence-electron chi connectivity index (χ0n) is 16.7. The lowest BCUT2D eigenvalue weighted by Gasteiger charge is -2.01. The van der Waals surface area contributed by atoms with E-state index in [0.29, 0.717) is 22.0 Å². The van der Waals surface area contributed by atoms with Crippen LogP contribution in [0, 0.1) is 0 Å². The van der Waals surface area contributed by atoms with Crippen LogP contribution in [0.2, 0.25) is 0 Å². The Kier molecular flexibility index (Phi) is 5.11. The second kappa shape index (κ2) is 7.92. The monoisotopic (exact) mass is 431 g/mol. The van der Waals surface area contributed by atoms with Gasteiger partial charge in [-0.3, -0.25) is 4.79 Å². The van der Waals surface area contributed by atoms with Crippen molar-refractivity contribution in [1.29, 1.82) is 0 Å². The van der Waals surface area contributed by atoms with E-state index in [0.717, 1.165) is 0 Å². The highest BCUT2D eigenvalue weighted by Crippen LogP contribution is 2.40. The summed E-state index contributed by atoms with van der Waals surface area (Å²) < 4.78 is 5.32. The van der Waals surface area contributed by atoms with Gasteiger partial charge in [0.2, 0.25) is 17.3 Å². The number of para-hydroxylation sites is 1.